The van der Waals surface area contributed by atoms with Gasteiger partial charge in [-0.2, -0.15) is 0 Å². The first-order valence-electron chi connectivity index (χ1n) is 11.3. The molecule has 1 aliphatic rings. The third-order valence-corrected chi connectivity index (χ3v) is 7.03. The van der Waals surface area contributed by atoms with Gasteiger partial charge in [-0.3, -0.25) is 14.6 Å². The third-order valence-electron chi connectivity index (χ3n) is 5.99. The van der Waals surface area contributed by atoms with Gasteiger partial charge in [0.1, 0.15) is 11.5 Å². The van der Waals surface area contributed by atoms with Crippen molar-refractivity contribution in [1.82, 2.24) is 9.88 Å². The summed E-state index contributed by atoms with van der Waals surface area (Å²) in [5.41, 5.74) is 3.33. The lowest BCUT2D eigenvalue weighted by molar-refractivity contribution is -0.120. The molecule has 0 atom stereocenters. The molecule has 176 valence electrons. The van der Waals surface area contributed by atoms with E-state index in [1.165, 1.54) is 5.56 Å². The van der Waals surface area contributed by atoms with Crippen molar-refractivity contribution in [2.24, 2.45) is 0 Å². The van der Waals surface area contributed by atoms with Gasteiger partial charge < -0.3 is 14.2 Å². The number of ether oxygens (including phenoxy) is 3. The van der Waals surface area contributed by atoms with E-state index >= 15 is 0 Å². The van der Waals surface area contributed by atoms with Gasteiger partial charge in [0.05, 0.1) is 30.5 Å². The summed E-state index contributed by atoms with van der Waals surface area (Å²) in [7, 11) is 1.62. The fourth-order valence-corrected chi connectivity index (χ4v) is 4.90. The maximum atomic E-state index is 13.3. The monoisotopic (exact) mass is 469 g/mol. The number of carbonyl (C=O) groups excluding carboxylic acids is 1. The standard InChI is InChI=1S/C25H31N3O4S/c1-18-5-10-22-24(19(18)2)26-25(33-22)28(12-4-11-27-13-15-31-16-14-27)23(29)17-32-21-8-6-20(30-3)7-9-21/h5-10H,4,11-17H2,1-3H3. The highest BCUT2D eigenvalue weighted by atomic mass is 32.1. The van der Waals surface area contributed by atoms with E-state index in [1.807, 2.05) is 12.1 Å². The van der Waals surface area contributed by atoms with Crippen LogP contribution in [0.3, 0.4) is 0 Å². The number of hydrogen-bond acceptors (Lipinski definition) is 7. The van der Waals surface area contributed by atoms with Gasteiger partial charge in [-0.1, -0.05) is 17.4 Å². The number of benzene rings is 2. The van der Waals surface area contributed by atoms with E-state index in [-0.39, 0.29) is 12.5 Å². The molecule has 2 heterocycles. The van der Waals surface area contributed by atoms with Gasteiger partial charge in [0.15, 0.2) is 11.7 Å². The summed E-state index contributed by atoms with van der Waals surface area (Å²) in [5.74, 6) is 1.29. The van der Waals surface area contributed by atoms with Crippen LogP contribution in [0, 0.1) is 13.8 Å². The van der Waals surface area contributed by atoms with Crippen LogP contribution in [0.2, 0.25) is 0 Å². The Morgan fingerprint density at radius 3 is 2.58 bits per heavy atom. The second-order valence-electron chi connectivity index (χ2n) is 8.17. The summed E-state index contributed by atoms with van der Waals surface area (Å²) >= 11 is 1.56. The molecule has 4 rings (SSSR count). The molecule has 0 bridgehead atoms. The van der Waals surface area contributed by atoms with Crippen molar-refractivity contribution in [1.29, 1.82) is 0 Å². The molecule has 3 aromatic rings. The zero-order valence-electron chi connectivity index (χ0n) is 19.5. The minimum absolute atomic E-state index is 0.0438. The fraction of sp³-hybridized carbons (Fsp3) is 0.440. The molecule has 7 nitrogen and oxygen atoms in total. The Morgan fingerprint density at radius 2 is 1.85 bits per heavy atom. The van der Waals surface area contributed by atoms with E-state index < -0.39 is 0 Å². The second-order valence-corrected chi connectivity index (χ2v) is 9.18. The molecular formula is C25H31N3O4S. The molecule has 2 aromatic carbocycles. The minimum atomic E-state index is -0.0961. The number of amides is 1. The summed E-state index contributed by atoms with van der Waals surface area (Å²) in [5, 5.41) is 0.726. The summed E-state index contributed by atoms with van der Waals surface area (Å²) < 4.78 is 17.5. The number of nitrogens with zero attached hydrogens (tertiary/aromatic N) is 3. The van der Waals surface area contributed by atoms with Crippen molar-refractivity contribution >= 4 is 32.6 Å². The van der Waals surface area contributed by atoms with Crippen LogP contribution < -0.4 is 14.4 Å². The van der Waals surface area contributed by atoms with Gasteiger partial charge in [-0.15, -0.1) is 0 Å². The van der Waals surface area contributed by atoms with Gasteiger partial charge in [0.25, 0.3) is 5.91 Å². The maximum Gasteiger partial charge on any atom is 0.266 e. The first-order valence-corrected chi connectivity index (χ1v) is 12.1. The number of thiazole rings is 1. The zero-order chi connectivity index (χ0) is 23.2. The SMILES string of the molecule is COc1ccc(OCC(=O)N(CCCN2CCOCC2)c2nc3c(C)c(C)ccc3s2)cc1. The molecule has 33 heavy (non-hydrogen) atoms. The lowest BCUT2D eigenvalue weighted by Crippen LogP contribution is -2.40. The van der Waals surface area contributed by atoms with Crippen LogP contribution >= 0.6 is 11.3 Å². The smallest absolute Gasteiger partial charge is 0.266 e. The molecule has 0 saturated carbocycles. The molecule has 0 spiro atoms. The number of methoxy groups -OCH3 is 1. The summed E-state index contributed by atoms with van der Waals surface area (Å²) in [6, 6.07) is 11.4. The highest BCUT2D eigenvalue weighted by Crippen LogP contribution is 2.32. The van der Waals surface area contributed by atoms with Crippen LogP contribution in [0.4, 0.5) is 5.13 Å². The van der Waals surface area contributed by atoms with Crippen molar-refractivity contribution in [2.45, 2.75) is 20.3 Å². The Labute approximate surface area is 198 Å². The first-order chi connectivity index (χ1) is 16.0. The zero-order valence-corrected chi connectivity index (χ0v) is 20.3. The third kappa shape index (κ3) is 5.82. The number of morpholine rings is 1. The molecule has 1 amide bonds. The largest absolute Gasteiger partial charge is 0.497 e. The molecule has 0 N–H and O–H groups in total. The highest BCUT2D eigenvalue weighted by molar-refractivity contribution is 7.22. The molecule has 1 fully saturated rings. The van der Waals surface area contributed by atoms with Crippen LogP contribution in [0.1, 0.15) is 17.5 Å². The van der Waals surface area contributed by atoms with Crippen LogP contribution in [0.15, 0.2) is 36.4 Å². The molecule has 1 aliphatic heterocycles. The summed E-state index contributed by atoms with van der Waals surface area (Å²) in [4.78, 5) is 22.3. The maximum absolute atomic E-state index is 13.3. The van der Waals surface area contributed by atoms with Crippen LogP contribution in [-0.2, 0) is 9.53 Å². The number of aryl methyl sites for hydroxylation is 2. The predicted molar refractivity (Wildman–Crippen MR) is 132 cm³/mol. The molecular weight excluding hydrogens is 438 g/mol. The number of rotatable bonds is 9. The number of fused-ring (bicyclic) bond motifs is 1. The lowest BCUT2D eigenvalue weighted by atomic mass is 10.1. The normalized spacial score (nSPS) is 14.4. The molecule has 1 aromatic heterocycles. The number of hydrogen-bond donors (Lipinski definition) is 0. The molecule has 1 saturated heterocycles. The Kier molecular flexibility index (Phi) is 7.80. The van der Waals surface area contributed by atoms with E-state index in [1.54, 1.807) is 35.5 Å². The second kappa shape index (κ2) is 11.0. The number of aromatic nitrogens is 1. The highest BCUT2D eigenvalue weighted by Gasteiger charge is 2.22. The molecule has 0 unspecified atom stereocenters. The van der Waals surface area contributed by atoms with Crippen molar-refractivity contribution in [3.8, 4) is 11.5 Å². The molecule has 8 heteroatoms. The fourth-order valence-electron chi connectivity index (χ4n) is 3.83. The van der Waals surface area contributed by atoms with Crippen molar-refractivity contribution in [3.05, 3.63) is 47.5 Å². The van der Waals surface area contributed by atoms with E-state index in [0.29, 0.717) is 12.3 Å². The first kappa shape index (κ1) is 23.5. The summed E-state index contributed by atoms with van der Waals surface area (Å²) in [6.07, 6.45) is 0.863. The van der Waals surface area contributed by atoms with Gasteiger partial charge >= 0.3 is 0 Å². The van der Waals surface area contributed by atoms with Gasteiger partial charge in [0.2, 0.25) is 0 Å². The van der Waals surface area contributed by atoms with Crippen molar-refractivity contribution < 1.29 is 19.0 Å². The summed E-state index contributed by atoms with van der Waals surface area (Å²) in [6.45, 7) is 9.07. The topological polar surface area (TPSA) is 64.1 Å². The van der Waals surface area contributed by atoms with Crippen molar-refractivity contribution in [3.63, 3.8) is 0 Å². The predicted octanol–water partition coefficient (Wildman–Crippen LogP) is 4.06. The van der Waals surface area contributed by atoms with Crippen molar-refractivity contribution in [2.75, 3.05) is 58.0 Å². The Bertz CT molecular complexity index is 1080. The van der Waals surface area contributed by atoms with Crippen LogP contribution in [-0.4, -0.2) is 68.9 Å². The minimum Gasteiger partial charge on any atom is -0.497 e. The Morgan fingerprint density at radius 1 is 1.12 bits per heavy atom. The number of anilines is 1. The van der Waals surface area contributed by atoms with Crippen LogP contribution in [0.25, 0.3) is 10.2 Å². The van der Waals surface area contributed by atoms with Gasteiger partial charge in [-0.05, 0) is 61.7 Å². The van der Waals surface area contributed by atoms with E-state index in [0.717, 1.165) is 65.9 Å². The Hall–Kier alpha value is -2.68. The van der Waals surface area contributed by atoms with E-state index in [9.17, 15) is 4.79 Å². The van der Waals surface area contributed by atoms with Crippen LogP contribution in [0.5, 0.6) is 11.5 Å². The average molecular weight is 470 g/mol. The molecule has 0 radical (unpaired) electrons. The average Bonchev–Trinajstić information content (AvgIpc) is 3.28. The molecule has 0 aliphatic carbocycles. The van der Waals surface area contributed by atoms with Gasteiger partial charge in [0, 0.05) is 26.2 Å². The Balaban J connectivity index is 1.48. The lowest BCUT2D eigenvalue weighted by Gasteiger charge is -2.27. The quantitative estimate of drug-likeness (QED) is 0.471. The van der Waals surface area contributed by atoms with E-state index in [2.05, 4.69) is 30.9 Å². The number of carbonyl (C=O) groups is 1. The van der Waals surface area contributed by atoms with Gasteiger partial charge in [-0.25, -0.2) is 4.98 Å². The van der Waals surface area contributed by atoms with E-state index in [4.69, 9.17) is 19.2 Å².